The fraction of sp³-hybridized carbons (Fsp3) is 0.364. The van der Waals surface area contributed by atoms with Crippen molar-refractivity contribution in [2.24, 2.45) is 5.73 Å². The van der Waals surface area contributed by atoms with Crippen LogP contribution in [-0.2, 0) is 4.79 Å². The molecule has 0 amide bonds. The van der Waals surface area contributed by atoms with Gasteiger partial charge in [-0.15, -0.1) is 0 Å². The molecule has 3 N–H and O–H groups in total. The van der Waals surface area contributed by atoms with Crippen molar-refractivity contribution < 1.29 is 19.0 Å². The summed E-state index contributed by atoms with van der Waals surface area (Å²) >= 11 is 0. The van der Waals surface area contributed by atoms with E-state index in [4.69, 9.17) is 15.6 Å². The maximum Gasteiger partial charge on any atom is 0.312 e. The lowest BCUT2D eigenvalue weighted by molar-refractivity contribution is -0.138. The largest absolute Gasteiger partial charge is 0.496 e. The molecule has 0 fully saturated rings. The van der Waals surface area contributed by atoms with E-state index in [0.29, 0.717) is 11.3 Å². The highest BCUT2D eigenvalue weighted by atomic mass is 19.1. The van der Waals surface area contributed by atoms with Crippen molar-refractivity contribution in [3.8, 4) is 5.75 Å². The van der Waals surface area contributed by atoms with Crippen LogP contribution < -0.4 is 10.5 Å². The molecule has 1 unspecified atom stereocenters. The van der Waals surface area contributed by atoms with Crippen molar-refractivity contribution in [1.29, 1.82) is 0 Å². The summed E-state index contributed by atoms with van der Waals surface area (Å²) in [4.78, 5) is 10.9. The second kappa shape index (κ2) is 4.94. The van der Waals surface area contributed by atoms with Crippen LogP contribution in [0.3, 0.4) is 0 Å². The second-order valence-corrected chi connectivity index (χ2v) is 3.47. The molecule has 0 bridgehead atoms. The zero-order chi connectivity index (χ0) is 12.3. The molecule has 0 aliphatic rings. The molecular formula is C11H14FNO3. The van der Waals surface area contributed by atoms with Gasteiger partial charge in [-0.2, -0.15) is 0 Å². The molecule has 0 saturated carbocycles. The zero-order valence-corrected chi connectivity index (χ0v) is 9.16. The lowest BCUT2D eigenvalue weighted by Crippen LogP contribution is -2.22. The van der Waals surface area contributed by atoms with Crippen LogP contribution >= 0.6 is 0 Å². The first-order valence-electron chi connectivity index (χ1n) is 4.78. The molecule has 0 aliphatic heterocycles. The van der Waals surface area contributed by atoms with E-state index in [-0.39, 0.29) is 12.1 Å². The highest BCUT2D eigenvalue weighted by molar-refractivity contribution is 5.76. The molecule has 0 heterocycles. The van der Waals surface area contributed by atoms with E-state index in [9.17, 15) is 9.18 Å². The van der Waals surface area contributed by atoms with Crippen molar-refractivity contribution in [3.63, 3.8) is 0 Å². The van der Waals surface area contributed by atoms with Crippen LogP contribution in [0.1, 0.15) is 17.0 Å². The maximum absolute atomic E-state index is 13.6. The highest BCUT2D eigenvalue weighted by Crippen LogP contribution is 2.26. The average molecular weight is 227 g/mol. The number of methoxy groups -OCH3 is 1. The van der Waals surface area contributed by atoms with Gasteiger partial charge < -0.3 is 15.6 Å². The molecule has 0 saturated heterocycles. The van der Waals surface area contributed by atoms with Crippen LogP contribution in [0.5, 0.6) is 5.75 Å². The summed E-state index contributed by atoms with van der Waals surface area (Å²) < 4.78 is 18.6. The van der Waals surface area contributed by atoms with Gasteiger partial charge in [-0.25, -0.2) is 4.39 Å². The van der Waals surface area contributed by atoms with E-state index >= 15 is 0 Å². The first-order valence-corrected chi connectivity index (χ1v) is 4.78. The molecule has 1 rings (SSSR count). The Labute approximate surface area is 92.8 Å². The summed E-state index contributed by atoms with van der Waals surface area (Å²) in [6.07, 6.45) is 0. The van der Waals surface area contributed by atoms with E-state index in [1.165, 1.54) is 19.2 Å². The summed E-state index contributed by atoms with van der Waals surface area (Å²) in [5.41, 5.74) is 6.09. The van der Waals surface area contributed by atoms with Crippen molar-refractivity contribution in [2.45, 2.75) is 12.8 Å². The van der Waals surface area contributed by atoms with Crippen molar-refractivity contribution in [1.82, 2.24) is 0 Å². The molecule has 0 radical (unpaired) electrons. The molecular weight excluding hydrogens is 213 g/mol. The monoisotopic (exact) mass is 227 g/mol. The lowest BCUT2D eigenvalue weighted by Gasteiger charge is -2.14. The van der Waals surface area contributed by atoms with Gasteiger partial charge in [0.1, 0.15) is 11.6 Å². The van der Waals surface area contributed by atoms with E-state index < -0.39 is 17.7 Å². The smallest absolute Gasteiger partial charge is 0.312 e. The first kappa shape index (κ1) is 12.4. The highest BCUT2D eigenvalue weighted by Gasteiger charge is 2.22. The van der Waals surface area contributed by atoms with E-state index in [2.05, 4.69) is 0 Å². The van der Waals surface area contributed by atoms with E-state index in [0.717, 1.165) is 0 Å². The van der Waals surface area contributed by atoms with Gasteiger partial charge in [0.15, 0.2) is 0 Å². The normalized spacial score (nSPS) is 12.2. The molecule has 5 heteroatoms. The van der Waals surface area contributed by atoms with Crippen LogP contribution in [0.4, 0.5) is 4.39 Å². The SMILES string of the molecule is COc1cc(F)c(C(CN)C(=O)O)cc1C. The lowest BCUT2D eigenvalue weighted by atomic mass is 9.96. The van der Waals surface area contributed by atoms with E-state index in [1.54, 1.807) is 6.92 Å². The minimum atomic E-state index is -1.13. The molecule has 0 aromatic heterocycles. The summed E-state index contributed by atoms with van der Waals surface area (Å²) in [6, 6.07) is 2.64. The zero-order valence-electron chi connectivity index (χ0n) is 9.16. The molecule has 16 heavy (non-hydrogen) atoms. The van der Waals surface area contributed by atoms with Gasteiger partial charge in [-0.05, 0) is 18.6 Å². The molecule has 4 nitrogen and oxygen atoms in total. The minimum absolute atomic E-state index is 0.0910. The Bertz CT molecular complexity index is 406. The third kappa shape index (κ3) is 2.30. The summed E-state index contributed by atoms with van der Waals surface area (Å²) in [5, 5.41) is 8.89. The van der Waals surface area contributed by atoms with Crippen molar-refractivity contribution in [2.75, 3.05) is 13.7 Å². The Morgan fingerprint density at radius 2 is 2.25 bits per heavy atom. The molecule has 88 valence electrons. The third-order valence-electron chi connectivity index (χ3n) is 2.42. The molecule has 0 aliphatic carbocycles. The van der Waals surface area contributed by atoms with Gasteiger partial charge in [0, 0.05) is 18.2 Å². The molecule has 1 atom stereocenters. The number of ether oxygens (including phenoxy) is 1. The van der Waals surface area contributed by atoms with Gasteiger partial charge >= 0.3 is 5.97 Å². The number of benzene rings is 1. The van der Waals surface area contributed by atoms with Crippen molar-refractivity contribution >= 4 is 5.97 Å². The Kier molecular flexibility index (Phi) is 3.84. The topological polar surface area (TPSA) is 72.5 Å². The number of aryl methyl sites for hydroxylation is 1. The number of carboxylic acids is 1. The Hall–Kier alpha value is -1.62. The van der Waals surface area contributed by atoms with Gasteiger partial charge in [0.2, 0.25) is 0 Å². The quantitative estimate of drug-likeness (QED) is 0.812. The van der Waals surface area contributed by atoms with Crippen molar-refractivity contribution in [3.05, 3.63) is 29.1 Å². The second-order valence-electron chi connectivity index (χ2n) is 3.47. The molecule has 1 aromatic carbocycles. The number of hydrogen-bond donors (Lipinski definition) is 2. The number of carbonyl (C=O) groups is 1. The molecule has 1 aromatic rings. The third-order valence-corrected chi connectivity index (χ3v) is 2.42. The number of halogens is 1. The number of hydrogen-bond acceptors (Lipinski definition) is 3. The van der Waals surface area contributed by atoms with Crippen LogP contribution in [0, 0.1) is 12.7 Å². The average Bonchev–Trinajstić information content (AvgIpc) is 2.23. The Balaban J connectivity index is 3.24. The summed E-state index contributed by atoms with van der Waals surface area (Å²) in [5.74, 6) is -2.38. The van der Waals surface area contributed by atoms with Gasteiger partial charge in [-0.3, -0.25) is 4.79 Å². The maximum atomic E-state index is 13.6. The van der Waals surface area contributed by atoms with Crippen LogP contribution in [0.2, 0.25) is 0 Å². The number of nitrogens with two attached hydrogens (primary N) is 1. The minimum Gasteiger partial charge on any atom is -0.496 e. The number of aliphatic carboxylic acids is 1. The standard InChI is InChI=1S/C11H14FNO3/c1-6-3-7(8(5-13)11(14)15)9(12)4-10(6)16-2/h3-4,8H,5,13H2,1-2H3,(H,14,15). The summed E-state index contributed by atoms with van der Waals surface area (Å²) in [7, 11) is 1.43. The van der Waals surface area contributed by atoms with Crippen LogP contribution in [0.15, 0.2) is 12.1 Å². The van der Waals surface area contributed by atoms with Gasteiger partial charge in [0.05, 0.1) is 13.0 Å². The van der Waals surface area contributed by atoms with Gasteiger partial charge in [-0.1, -0.05) is 0 Å². The van der Waals surface area contributed by atoms with Crippen LogP contribution in [-0.4, -0.2) is 24.7 Å². The fourth-order valence-corrected chi connectivity index (χ4v) is 1.53. The van der Waals surface area contributed by atoms with Crippen LogP contribution in [0.25, 0.3) is 0 Å². The first-order chi connectivity index (χ1) is 7.51. The van der Waals surface area contributed by atoms with E-state index in [1.807, 2.05) is 0 Å². The summed E-state index contributed by atoms with van der Waals surface area (Å²) in [6.45, 7) is 1.58. The molecule has 0 spiro atoms. The predicted molar refractivity (Wildman–Crippen MR) is 57.1 cm³/mol. The van der Waals surface area contributed by atoms with Gasteiger partial charge in [0.25, 0.3) is 0 Å². The Morgan fingerprint density at radius 3 is 2.69 bits per heavy atom. The Morgan fingerprint density at radius 1 is 1.62 bits per heavy atom. The predicted octanol–water partition coefficient (Wildman–Crippen LogP) is 1.27. The number of rotatable bonds is 4. The number of carboxylic acid groups (broad SMARTS) is 1. The fourth-order valence-electron chi connectivity index (χ4n) is 1.53.